The zero-order valence-corrected chi connectivity index (χ0v) is 9.15. The van der Waals surface area contributed by atoms with Gasteiger partial charge >= 0.3 is 11.9 Å². The molecule has 0 saturated carbocycles. The van der Waals surface area contributed by atoms with Gasteiger partial charge in [-0.1, -0.05) is 6.07 Å². The van der Waals surface area contributed by atoms with Crippen LogP contribution in [0.2, 0.25) is 0 Å². The second kappa shape index (κ2) is 5.62. The lowest BCUT2D eigenvalue weighted by atomic mass is 10.2. The lowest BCUT2D eigenvalue weighted by molar-refractivity contribution is -0.384. The minimum Gasteiger partial charge on any atom is -0.480 e. The van der Waals surface area contributed by atoms with E-state index in [2.05, 4.69) is 0 Å². The molecule has 0 unspecified atom stereocenters. The van der Waals surface area contributed by atoms with Crippen molar-refractivity contribution in [2.75, 3.05) is 18.0 Å². The van der Waals surface area contributed by atoms with E-state index in [4.69, 9.17) is 10.2 Å². The van der Waals surface area contributed by atoms with Gasteiger partial charge in [-0.2, -0.15) is 0 Å². The first kappa shape index (κ1) is 13.4. The average molecular weight is 254 g/mol. The predicted octanol–water partition coefficient (Wildman–Crippen LogP) is 0.570. The summed E-state index contributed by atoms with van der Waals surface area (Å²) in [6.45, 7) is -1.10. The molecule has 0 fully saturated rings. The Morgan fingerprint density at radius 3 is 2.22 bits per heavy atom. The predicted molar refractivity (Wildman–Crippen MR) is 60.6 cm³/mol. The molecule has 0 aliphatic heterocycles. The fourth-order valence-corrected chi connectivity index (χ4v) is 1.37. The molecular weight excluding hydrogens is 244 g/mol. The van der Waals surface area contributed by atoms with Gasteiger partial charge in [-0.05, 0) is 6.07 Å². The third-order valence-corrected chi connectivity index (χ3v) is 2.06. The van der Waals surface area contributed by atoms with Gasteiger partial charge < -0.3 is 15.1 Å². The van der Waals surface area contributed by atoms with Gasteiger partial charge in [-0.25, -0.2) is 0 Å². The first-order valence-electron chi connectivity index (χ1n) is 4.83. The van der Waals surface area contributed by atoms with Crippen LogP contribution in [-0.4, -0.2) is 40.2 Å². The Hall–Kier alpha value is -2.64. The molecule has 0 radical (unpaired) electrons. The fourth-order valence-electron chi connectivity index (χ4n) is 1.37. The smallest absolute Gasteiger partial charge is 0.323 e. The van der Waals surface area contributed by atoms with E-state index in [9.17, 15) is 19.7 Å². The van der Waals surface area contributed by atoms with Gasteiger partial charge in [0.15, 0.2) is 0 Å². The lowest BCUT2D eigenvalue weighted by Crippen LogP contribution is -2.34. The van der Waals surface area contributed by atoms with E-state index < -0.39 is 30.0 Å². The van der Waals surface area contributed by atoms with Crippen molar-refractivity contribution in [3.05, 3.63) is 34.4 Å². The highest BCUT2D eigenvalue weighted by Crippen LogP contribution is 2.20. The van der Waals surface area contributed by atoms with Crippen LogP contribution < -0.4 is 4.90 Å². The molecule has 0 atom stereocenters. The Labute approximate surface area is 101 Å². The number of hydrogen-bond donors (Lipinski definition) is 2. The van der Waals surface area contributed by atoms with Crippen LogP contribution in [0.25, 0.3) is 0 Å². The van der Waals surface area contributed by atoms with E-state index in [1.807, 2.05) is 0 Å². The minimum absolute atomic E-state index is 0.175. The molecule has 0 saturated heterocycles. The van der Waals surface area contributed by atoms with Crippen LogP contribution in [0.15, 0.2) is 24.3 Å². The van der Waals surface area contributed by atoms with Crippen LogP contribution in [0.5, 0.6) is 0 Å². The Morgan fingerprint density at radius 2 is 1.78 bits per heavy atom. The maximum atomic E-state index is 10.6. The SMILES string of the molecule is O=C(O)CN(CC(=O)O)c1cccc([N+](=O)[O-])c1. The maximum absolute atomic E-state index is 10.6. The van der Waals surface area contributed by atoms with E-state index in [-0.39, 0.29) is 11.4 Å². The summed E-state index contributed by atoms with van der Waals surface area (Å²) in [4.78, 5) is 32.2. The number of benzene rings is 1. The molecule has 0 aliphatic rings. The summed E-state index contributed by atoms with van der Waals surface area (Å²) in [5.41, 5.74) is -0.0534. The summed E-state index contributed by atoms with van der Waals surface area (Å²) in [5.74, 6) is -2.44. The van der Waals surface area contributed by atoms with E-state index in [1.54, 1.807) is 0 Å². The minimum atomic E-state index is -1.22. The quantitative estimate of drug-likeness (QED) is 0.562. The zero-order chi connectivity index (χ0) is 13.7. The topological polar surface area (TPSA) is 121 Å². The number of nitro benzene ring substituents is 1. The molecule has 0 spiro atoms. The Balaban J connectivity index is 3.03. The largest absolute Gasteiger partial charge is 0.480 e. The molecule has 0 bridgehead atoms. The summed E-state index contributed by atoms with van der Waals surface area (Å²) in [7, 11) is 0. The average Bonchev–Trinajstić information content (AvgIpc) is 2.27. The molecule has 0 heterocycles. The van der Waals surface area contributed by atoms with Gasteiger partial charge in [0.05, 0.1) is 4.92 Å². The summed E-state index contributed by atoms with van der Waals surface area (Å²) < 4.78 is 0. The summed E-state index contributed by atoms with van der Waals surface area (Å²) in [6, 6.07) is 5.15. The third-order valence-electron chi connectivity index (χ3n) is 2.06. The molecule has 0 aromatic heterocycles. The normalized spacial score (nSPS) is 9.78. The van der Waals surface area contributed by atoms with Gasteiger partial charge in [-0.3, -0.25) is 19.7 Å². The highest BCUT2D eigenvalue weighted by Gasteiger charge is 2.16. The third kappa shape index (κ3) is 3.74. The van der Waals surface area contributed by atoms with Crippen LogP contribution in [0.3, 0.4) is 0 Å². The maximum Gasteiger partial charge on any atom is 0.323 e. The molecule has 8 nitrogen and oxygen atoms in total. The number of aliphatic carboxylic acids is 2. The molecule has 1 rings (SSSR count). The highest BCUT2D eigenvalue weighted by molar-refractivity contribution is 5.79. The van der Waals surface area contributed by atoms with Gasteiger partial charge in [0.25, 0.3) is 5.69 Å². The Kier molecular flexibility index (Phi) is 4.19. The van der Waals surface area contributed by atoms with Crippen LogP contribution in [0.4, 0.5) is 11.4 Å². The fraction of sp³-hybridized carbons (Fsp3) is 0.200. The van der Waals surface area contributed by atoms with Crippen molar-refractivity contribution in [1.29, 1.82) is 0 Å². The van der Waals surface area contributed by atoms with Crippen molar-refractivity contribution < 1.29 is 24.7 Å². The lowest BCUT2D eigenvalue weighted by Gasteiger charge is -2.20. The number of nitro groups is 1. The number of non-ortho nitro benzene ring substituents is 1. The molecule has 18 heavy (non-hydrogen) atoms. The number of carboxylic acids is 2. The number of rotatable bonds is 6. The molecule has 0 aliphatic carbocycles. The van der Waals surface area contributed by atoms with Gasteiger partial charge in [0.2, 0.25) is 0 Å². The summed E-state index contributed by atoms with van der Waals surface area (Å²) in [6.07, 6.45) is 0. The standard InChI is InChI=1S/C10H10N2O6/c13-9(14)5-11(6-10(15)16)7-2-1-3-8(4-7)12(17)18/h1-4H,5-6H2,(H,13,14)(H,15,16). The molecule has 0 amide bonds. The molecule has 1 aromatic carbocycles. The van der Waals surface area contributed by atoms with Crippen molar-refractivity contribution in [3.8, 4) is 0 Å². The molecular formula is C10H10N2O6. The van der Waals surface area contributed by atoms with E-state index in [0.29, 0.717) is 0 Å². The number of nitrogens with zero attached hydrogens (tertiary/aromatic N) is 2. The van der Waals surface area contributed by atoms with Crippen molar-refractivity contribution in [2.24, 2.45) is 0 Å². The number of carboxylic acid groups (broad SMARTS) is 2. The number of anilines is 1. The molecule has 2 N–H and O–H groups in total. The number of hydrogen-bond acceptors (Lipinski definition) is 5. The van der Waals surface area contributed by atoms with Crippen LogP contribution in [-0.2, 0) is 9.59 Å². The second-order valence-electron chi connectivity index (χ2n) is 3.42. The molecule has 8 heteroatoms. The number of carbonyl (C=O) groups is 2. The van der Waals surface area contributed by atoms with Crippen LogP contribution in [0.1, 0.15) is 0 Å². The molecule has 1 aromatic rings. The van der Waals surface area contributed by atoms with E-state index in [1.165, 1.54) is 18.2 Å². The molecule has 96 valence electrons. The Morgan fingerprint density at radius 1 is 1.22 bits per heavy atom. The first-order chi connectivity index (χ1) is 8.40. The van der Waals surface area contributed by atoms with Gasteiger partial charge in [-0.15, -0.1) is 0 Å². The van der Waals surface area contributed by atoms with Crippen LogP contribution >= 0.6 is 0 Å². The van der Waals surface area contributed by atoms with Crippen molar-refractivity contribution in [1.82, 2.24) is 0 Å². The van der Waals surface area contributed by atoms with Crippen molar-refractivity contribution >= 4 is 23.3 Å². The monoisotopic (exact) mass is 254 g/mol. The highest BCUT2D eigenvalue weighted by atomic mass is 16.6. The van der Waals surface area contributed by atoms with E-state index in [0.717, 1.165) is 11.0 Å². The second-order valence-corrected chi connectivity index (χ2v) is 3.42. The summed E-state index contributed by atoms with van der Waals surface area (Å²) >= 11 is 0. The first-order valence-corrected chi connectivity index (χ1v) is 4.83. The van der Waals surface area contributed by atoms with Gasteiger partial charge in [0, 0.05) is 17.8 Å². The Bertz CT molecular complexity index is 471. The van der Waals surface area contributed by atoms with Crippen LogP contribution in [0, 0.1) is 10.1 Å². The van der Waals surface area contributed by atoms with E-state index >= 15 is 0 Å². The summed E-state index contributed by atoms with van der Waals surface area (Å²) in [5, 5.41) is 27.9. The zero-order valence-electron chi connectivity index (χ0n) is 9.15. The van der Waals surface area contributed by atoms with Crippen molar-refractivity contribution in [2.45, 2.75) is 0 Å². The van der Waals surface area contributed by atoms with Crippen molar-refractivity contribution in [3.63, 3.8) is 0 Å². The van der Waals surface area contributed by atoms with Gasteiger partial charge in [0.1, 0.15) is 13.1 Å².